The number of aromatic nitrogens is 5. The normalized spacial score (nSPS) is 10.7. The quantitative estimate of drug-likeness (QED) is 0.374. The van der Waals surface area contributed by atoms with Gasteiger partial charge in [0.2, 0.25) is 0 Å². The monoisotopic (exact) mass is 421 g/mol. The second-order valence-electron chi connectivity index (χ2n) is 6.26. The number of carbonyl (C=O) groups excluding carboxylic acids is 1. The molecule has 11 heteroatoms. The van der Waals surface area contributed by atoms with Crippen molar-refractivity contribution in [1.29, 1.82) is 0 Å². The molecular weight excluding hydrogens is 406 g/mol. The molecule has 4 aromatic rings. The highest BCUT2D eigenvalue weighted by Gasteiger charge is 2.19. The van der Waals surface area contributed by atoms with Gasteiger partial charge in [0.1, 0.15) is 5.01 Å². The third-order valence-electron chi connectivity index (χ3n) is 4.32. The van der Waals surface area contributed by atoms with E-state index in [-0.39, 0.29) is 17.9 Å². The zero-order chi connectivity index (χ0) is 21.1. The number of nitro benzene ring substituents is 1. The van der Waals surface area contributed by atoms with Gasteiger partial charge in [0.15, 0.2) is 5.69 Å². The Morgan fingerprint density at radius 1 is 1.27 bits per heavy atom. The number of nitro groups is 1. The number of amides is 1. The molecule has 0 spiro atoms. The summed E-state index contributed by atoms with van der Waals surface area (Å²) in [4.78, 5) is 31.6. The minimum absolute atomic E-state index is 0.0674. The van der Waals surface area contributed by atoms with Crippen molar-refractivity contribution < 1.29 is 9.72 Å². The van der Waals surface area contributed by atoms with E-state index >= 15 is 0 Å². The molecule has 0 atom stereocenters. The van der Waals surface area contributed by atoms with E-state index in [1.807, 2.05) is 17.5 Å². The van der Waals surface area contributed by atoms with Crippen LogP contribution in [0.1, 0.15) is 21.2 Å². The van der Waals surface area contributed by atoms with Crippen molar-refractivity contribution in [2.24, 2.45) is 0 Å². The van der Waals surface area contributed by atoms with Gasteiger partial charge < -0.3 is 5.32 Å². The molecule has 0 saturated carbocycles. The number of pyridine rings is 1. The fourth-order valence-electron chi connectivity index (χ4n) is 2.81. The van der Waals surface area contributed by atoms with Crippen LogP contribution in [0.3, 0.4) is 0 Å². The summed E-state index contributed by atoms with van der Waals surface area (Å²) in [6.45, 7) is 1.93. The molecule has 1 N–H and O–H groups in total. The van der Waals surface area contributed by atoms with Crippen LogP contribution in [0.15, 0.2) is 54.2 Å². The largest absolute Gasteiger partial charge is 0.344 e. The second-order valence-corrected chi connectivity index (χ2v) is 7.20. The summed E-state index contributed by atoms with van der Waals surface area (Å²) in [6, 6.07) is 9.71. The average molecular weight is 421 g/mol. The van der Waals surface area contributed by atoms with Gasteiger partial charge in [0.05, 0.1) is 28.5 Å². The number of non-ortho nitro benzene ring substituents is 1. The fraction of sp³-hybridized carbons (Fsp3) is 0.105. The van der Waals surface area contributed by atoms with E-state index in [0.29, 0.717) is 11.4 Å². The molecule has 0 fully saturated rings. The Labute approximate surface area is 174 Å². The van der Waals surface area contributed by atoms with Gasteiger partial charge in [-0.15, -0.1) is 16.4 Å². The summed E-state index contributed by atoms with van der Waals surface area (Å²) in [5, 5.41) is 24.3. The lowest BCUT2D eigenvalue weighted by Gasteiger charge is -2.04. The maximum atomic E-state index is 12.6. The molecule has 30 heavy (non-hydrogen) atoms. The van der Waals surface area contributed by atoms with Crippen LogP contribution >= 0.6 is 11.3 Å². The van der Waals surface area contributed by atoms with Crippen molar-refractivity contribution in [1.82, 2.24) is 30.3 Å². The third-order valence-corrected chi connectivity index (χ3v) is 5.17. The number of benzene rings is 1. The van der Waals surface area contributed by atoms with Gasteiger partial charge in [-0.2, -0.15) is 0 Å². The Morgan fingerprint density at radius 2 is 2.07 bits per heavy atom. The zero-order valence-electron chi connectivity index (χ0n) is 15.7. The molecule has 4 rings (SSSR count). The number of nitrogens with zero attached hydrogens (tertiary/aromatic N) is 6. The highest BCUT2D eigenvalue weighted by molar-refractivity contribution is 7.09. The molecule has 0 bridgehead atoms. The number of hydrogen-bond donors (Lipinski definition) is 1. The summed E-state index contributed by atoms with van der Waals surface area (Å²) >= 11 is 1.44. The predicted octanol–water partition coefficient (Wildman–Crippen LogP) is 2.93. The van der Waals surface area contributed by atoms with E-state index in [4.69, 9.17) is 0 Å². The lowest BCUT2D eigenvalue weighted by atomic mass is 10.2. The second kappa shape index (κ2) is 8.17. The van der Waals surface area contributed by atoms with E-state index in [2.05, 4.69) is 25.6 Å². The first-order chi connectivity index (χ1) is 14.5. The average Bonchev–Trinajstić information content (AvgIpc) is 3.39. The maximum absolute atomic E-state index is 12.6. The smallest absolute Gasteiger partial charge is 0.274 e. The molecular formula is C19H15N7O3S. The Hall–Kier alpha value is -3.99. The van der Waals surface area contributed by atoms with E-state index in [1.54, 1.807) is 31.5 Å². The minimum atomic E-state index is -0.488. The van der Waals surface area contributed by atoms with Gasteiger partial charge >= 0.3 is 0 Å². The van der Waals surface area contributed by atoms with Crippen LogP contribution in [0.25, 0.3) is 16.9 Å². The first kappa shape index (κ1) is 19.3. The van der Waals surface area contributed by atoms with Crippen LogP contribution in [0.4, 0.5) is 5.69 Å². The number of rotatable bonds is 6. The summed E-state index contributed by atoms with van der Waals surface area (Å²) in [5.41, 5.74) is 2.78. The lowest BCUT2D eigenvalue weighted by molar-refractivity contribution is -0.384. The molecule has 0 aliphatic carbocycles. The molecule has 0 aliphatic heterocycles. The van der Waals surface area contributed by atoms with Gasteiger partial charge in [-0.25, -0.2) is 9.67 Å². The highest BCUT2D eigenvalue weighted by Crippen LogP contribution is 2.21. The molecule has 150 valence electrons. The Balaban J connectivity index is 1.47. The molecule has 0 unspecified atom stereocenters. The van der Waals surface area contributed by atoms with Crippen molar-refractivity contribution in [3.8, 4) is 16.9 Å². The summed E-state index contributed by atoms with van der Waals surface area (Å²) in [6.07, 6.45) is 3.40. The minimum Gasteiger partial charge on any atom is -0.344 e. The van der Waals surface area contributed by atoms with E-state index in [9.17, 15) is 14.9 Å². The van der Waals surface area contributed by atoms with Crippen molar-refractivity contribution in [3.63, 3.8) is 0 Å². The molecule has 0 radical (unpaired) electrons. The van der Waals surface area contributed by atoms with E-state index < -0.39 is 10.8 Å². The highest BCUT2D eigenvalue weighted by atomic mass is 32.1. The van der Waals surface area contributed by atoms with Gasteiger partial charge in [-0.1, -0.05) is 11.3 Å². The summed E-state index contributed by atoms with van der Waals surface area (Å²) in [5.74, 6) is -0.398. The van der Waals surface area contributed by atoms with Crippen LogP contribution in [0.5, 0.6) is 0 Å². The fourth-order valence-corrected chi connectivity index (χ4v) is 3.55. The molecule has 1 amide bonds. The van der Waals surface area contributed by atoms with Crippen molar-refractivity contribution in [2.75, 3.05) is 0 Å². The van der Waals surface area contributed by atoms with Gasteiger partial charge in [-0.3, -0.25) is 19.9 Å². The third kappa shape index (κ3) is 3.91. The molecule has 1 aromatic carbocycles. The standard InChI is InChI=1S/C19H15N7O3S/c1-12-18(23-24-25(12)14-3-2-4-15(9-14)26(28)29)19(27)21-10-17-22-16(11-30-17)13-5-7-20-8-6-13/h2-9,11H,10H2,1H3,(H,21,27). The number of carbonyl (C=O) groups is 1. The predicted molar refractivity (Wildman–Crippen MR) is 109 cm³/mol. The topological polar surface area (TPSA) is 129 Å². The summed E-state index contributed by atoms with van der Waals surface area (Å²) in [7, 11) is 0. The van der Waals surface area contributed by atoms with Gasteiger partial charge in [0, 0.05) is 35.5 Å². The number of nitrogens with one attached hydrogen (secondary N) is 1. The van der Waals surface area contributed by atoms with E-state index in [0.717, 1.165) is 16.3 Å². The summed E-state index contributed by atoms with van der Waals surface area (Å²) < 4.78 is 1.40. The molecule has 3 aromatic heterocycles. The molecule has 0 saturated heterocycles. The van der Waals surface area contributed by atoms with Crippen molar-refractivity contribution >= 4 is 22.9 Å². The Kier molecular flexibility index (Phi) is 5.26. The van der Waals surface area contributed by atoms with Gasteiger partial charge in [-0.05, 0) is 25.1 Å². The van der Waals surface area contributed by atoms with Crippen LogP contribution in [-0.4, -0.2) is 35.8 Å². The first-order valence-corrected chi connectivity index (χ1v) is 9.71. The van der Waals surface area contributed by atoms with Crippen molar-refractivity contribution in [2.45, 2.75) is 13.5 Å². The van der Waals surface area contributed by atoms with Crippen LogP contribution in [-0.2, 0) is 6.54 Å². The van der Waals surface area contributed by atoms with Crippen LogP contribution < -0.4 is 5.32 Å². The molecule has 10 nitrogen and oxygen atoms in total. The number of thiazole rings is 1. The lowest BCUT2D eigenvalue weighted by Crippen LogP contribution is -2.24. The van der Waals surface area contributed by atoms with Crippen LogP contribution in [0.2, 0.25) is 0 Å². The van der Waals surface area contributed by atoms with Gasteiger partial charge in [0.25, 0.3) is 11.6 Å². The van der Waals surface area contributed by atoms with Crippen LogP contribution in [0, 0.1) is 17.0 Å². The van der Waals surface area contributed by atoms with Crippen molar-refractivity contribution in [3.05, 3.63) is 80.7 Å². The molecule has 3 heterocycles. The zero-order valence-corrected chi connectivity index (χ0v) is 16.5. The first-order valence-electron chi connectivity index (χ1n) is 8.83. The Bertz CT molecular complexity index is 1220. The SMILES string of the molecule is Cc1c(C(=O)NCc2nc(-c3ccncc3)cs2)nnn1-c1cccc([N+](=O)[O-])c1. The maximum Gasteiger partial charge on any atom is 0.274 e. The Morgan fingerprint density at radius 3 is 2.83 bits per heavy atom. The van der Waals surface area contributed by atoms with E-state index in [1.165, 1.54) is 28.2 Å². The number of hydrogen-bond acceptors (Lipinski definition) is 8. The molecule has 0 aliphatic rings.